The summed E-state index contributed by atoms with van der Waals surface area (Å²) in [4.78, 5) is 32.7. The van der Waals surface area contributed by atoms with Crippen LogP contribution in [-0.4, -0.2) is 42.3 Å². The van der Waals surface area contributed by atoms with Crippen molar-refractivity contribution in [3.63, 3.8) is 0 Å². The van der Waals surface area contributed by atoms with Crippen LogP contribution in [-0.2, 0) is 14.3 Å². The van der Waals surface area contributed by atoms with Crippen molar-refractivity contribution >= 4 is 18.0 Å². The molecule has 108 valence electrons. The van der Waals surface area contributed by atoms with Crippen LogP contribution in [0.15, 0.2) is 12.7 Å². The third-order valence-corrected chi connectivity index (χ3v) is 2.10. The number of carbonyl (C=O) groups excluding carboxylic acids is 2. The van der Waals surface area contributed by atoms with Crippen LogP contribution in [0.4, 0.5) is 4.79 Å². The molecule has 0 bridgehead atoms. The summed E-state index contributed by atoms with van der Waals surface area (Å²) in [5.74, 6) is -1.16. The summed E-state index contributed by atoms with van der Waals surface area (Å²) < 4.78 is 4.71. The van der Waals surface area contributed by atoms with Gasteiger partial charge in [-0.1, -0.05) is 12.7 Å². The van der Waals surface area contributed by atoms with Crippen molar-refractivity contribution in [3.8, 4) is 0 Å². The van der Waals surface area contributed by atoms with Gasteiger partial charge in [0.1, 0.15) is 6.61 Å². The van der Waals surface area contributed by atoms with E-state index in [2.05, 4.69) is 17.2 Å². The smallest absolute Gasteiger partial charge is 0.407 e. The summed E-state index contributed by atoms with van der Waals surface area (Å²) in [6, 6.07) is -0.277. The van der Waals surface area contributed by atoms with Crippen LogP contribution in [0, 0.1) is 0 Å². The third kappa shape index (κ3) is 10.8. The first kappa shape index (κ1) is 16.9. The van der Waals surface area contributed by atoms with E-state index in [1.54, 1.807) is 6.92 Å². The molecule has 0 radical (unpaired) electrons. The molecule has 0 aliphatic heterocycles. The predicted octanol–water partition coefficient (Wildman–Crippen LogP) is 0.658. The average molecular weight is 272 g/mol. The maximum atomic E-state index is 11.3. The lowest BCUT2D eigenvalue weighted by Gasteiger charge is -2.14. The molecule has 0 saturated carbocycles. The zero-order valence-corrected chi connectivity index (χ0v) is 11.0. The maximum absolute atomic E-state index is 11.3. The highest BCUT2D eigenvalue weighted by atomic mass is 16.5. The lowest BCUT2D eigenvalue weighted by molar-refractivity contribution is -0.137. The number of rotatable bonds is 9. The Morgan fingerprint density at radius 1 is 1.37 bits per heavy atom. The number of carbonyl (C=O) groups is 3. The number of aliphatic carboxylic acids is 1. The molecule has 1 unspecified atom stereocenters. The number of hydrogen-bond donors (Lipinski definition) is 3. The molecular weight excluding hydrogens is 252 g/mol. The molecule has 0 aliphatic rings. The first-order valence-corrected chi connectivity index (χ1v) is 5.98. The second-order valence-electron chi connectivity index (χ2n) is 3.98. The van der Waals surface area contributed by atoms with Gasteiger partial charge in [-0.15, -0.1) is 0 Å². The quantitative estimate of drug-likeness (QED) is 0.535. The maximum Gasteiger partial charge on any atom is 0.407 e. The number of nitrogens with one attached hydrogen (secondary N) is 2. The third-order valence-electron chi connectivity index (χ3n) is 2.10. The van der Waals surface area contributed by atoms with Gasteiger partial charge >= 0.3 is 12.1 Å². The Labute approximate surface area is 112 Å². The number of carboxylic acid groups (broad SMARTS) is 1. The molecule has 0 spiro atoms. The molecule has 7 heteroatoms. The van der Waals surface area contributed by atoms with E-state index in [-0.39, 0.29) is 37.9 Å². The second kappa shape index (κ2) is 9.93. The highest BCUT2D eigenvalue weighted by molar-refractivity contribution is 5.76. The fraction of sp³-hybridized carbons (Fsp3) is 0.583. The van der Waals surface area contributed by atoms with Gasteiger partial charge in [-0.05, 0) is 13.3 Å². The fourth-order valence-electron chi connectivity index (χ4n) is 1.18. The highest BCUT2D eigenvalue weighted by Gasteiger charge is 2.09. The van der Waals surface area contributed by atoms with E-state index in [0.29, 0.717) is 6.42 Å². The first-order valence-electron chi connectivity index (χ1n) is 5.98. The van der Waals surface area contributed by atoms with E-state index < -0.39 is 12.1 Å². The highest BCUT2D eigenvalue weighted by Crippen LogP contribution is 1.95. The summed E-state index contributed by atoms with van der Waals surface area (Å²) >= 11 is 0. The van der Waals surface area contributed by atoms with Crippen LogP contribution in [0.5, 0.6) is 0 Å². The van der Waals surface area contributed by atoms with Gasteiger partial charge < -0.3 is 20.5 Å². The van der Waals surface area contributed by atoms with Crippen molar-refractivity contribution in [2.75, 3.05) is 13.2 Å². The number of ether oxygens (including phenoxy) is 1. The Bertz CT molecular complexity index is 330. The SMILES string of the molecule is C=CCOC(=O)NC(C)CNC(=O)CCCC(=O)O. The van der Waals surface area contributed by atoms with Gasteiger partial charge in [-0.2, -0.15) is 0 Å². The number of carboxylic acids is 1. The van der Waals surface area contributed by atoms with E-state index in [1.165, 1.54) is 6.08 Å². The van der Waals surface area contributed by atoms with E-state index in [0.717, 1.165) is 0 Å². The van der Waals surface area contributed by atoms with E-state index in [1.807, 2.05) is 0 Å². The monoisotopic (exact) mass is 272 g/mol. The molecular formula is C12H20N2O5. The number of hydrogen-bond acceptors (Lipinski definition) is 4. The average Bonchev–Trinajstić information content (AvgIpc) is 2.33. The Morgan fingerprint density at radius 2 is 2.05 bits per heavy atom. The predicted molar refractivity (Wildman–Crippen MR) is 68.6 cm³/mol. The summed E-state index contributed by atoms with van der Waals surface area (Å²) in [7, 11) is 0. The molecule has 0 aromatic heterocycles. The Kier molecular flexibility index (Phi) is 8.86. The number of alkyl carbamates (subject to hydrolysis) is 1. The van der Waals surface area contributed by atoms with Crippen LogP contribution >= 0.6 is 0 Å². The summed E-state index contributed by atoms with van der Waals surface area (Å²) in [6.07, 6.45) is 1.29. The van der Waals surface area contributed by atoms with Gasteiger partial charge in [-0.3, -0.25) is 9.59 Å². The summed E-state index contributed by atoms with van der Waals surface area (Å²) in [6.45, 7) is 5.51. The molecule has 0 rings (SSSR count). The van der Waals surface area contributed by atoms with E-state index >= 15 is 0 Å². The molecule has 2 amide bonds. The standard InChI is InChI=1S/C12H20N2O5/c1-3-7-19-12(18)14-9(2)8-13-10(15)5-4-6-11(16)17/h3,9H,1,4-8H2,2H3,(H,13,15)(H,14,18)(H,16,17). The molecule has 0 aromatic carbocycles. The van der Waals surface area contributed by atoms with Crippen LogP contribution in [0.2, 0.25) is 0 Å². The van der Waals surface area contributed by atoms with Crippen molar-refractivity contribution < 1.29 is 24.2 Å². The molecule has 19 heavy (non-hydrogen) atoms. The van der Waals surface area contributed by atoms with Gasteiger partial charge in [0.05, 0.1) is 0 Å². The molecule has 7 nitrogen and oxygen atoms in total. The molecule has 1 atom stereocenters. The zero-order chi connectivity index (χ0) is 14.7. The van der Waals surface area contributed by atoms with Crippen LogP contribution in [0.1, 0.15) is 26.2 Å². The van der Waals surface area contributed by atoms with Gasteiger partial charge in [0, 0.05) is 25.4 Å². The van der Waals surface area contributed by atoms with Crippen molar-refractivity contribution in [3.05, 3.63) is 12.7 Å². The molecule has 0 aromatic rings. The lowest BCUT2D eigenvalue weighted by atomic mass is 10.2. The zero-order valence-electron chi connectivity index (χ0n) is 11.0. The molecule has 0 heterocycles. The van der Waals surface area contributed by atoms with Crippen molar-refractivity contribution in [1.82, 2.24) is 10.6 Å². The van der Waals surface area contributed by atoms with Crippen LogP contribution in [0.25, 0.3) is 0 Å². The van der Waals surface area contributed by atoms with Crippen LogP contribution < -0.4 is 10.6 Å². The van der Waals surface area contributed by atoms with E-state index in [9.17, 15) is 14.4 Å². The normalized spacial score (nSPS) is 11.2. The first-order chi connectivity index (χ1) is 8.95. The molecule has 0 fully saturated rings. The molecule has 3 N–H and O–H groups in total. The van der Waals surface area contributed by atoms with E-state index in [4.69, 9.17) is 9.84 Å². The minimum atomic E-state index is -0.923. The Balaban J connectivity index is 3.68. The van der Waals surface area contributed by atoms with Crippen LogP contribution in [0.3, 0.4) is 0 Å². The van der Waals surface area contributed by atoms with Gasteiger partial charge in [0.25, 0.3) is 0 Å². The van der Waals surface area contributed by atoms with Crippen molar-refractivity contribution in [2.45, 2.75) is 32.2 Å². The molecule has 0 saturated heterocycles. The minimum absolute atomic E-state index is 0.0326. The second-order valence-corrected chi connectivity index (χ2v) is 3.98. The largest absolute Gasteiger partial charge is 0.481 e. The lowest BCUT2D eigenvalue weighted by Crippen LogP contribution is -2.42. The topological polar surface area (TPSA) is 105 Å². The van der Waals surface area contributed by atoms with Gasteiger partial charge in [0.15, 0.2) is 0 Å². The fourth-order valence-corrected chi connectivity index (χ4v) is 1.18. The van der Waals surface area contributed by atoms with Crippen molar-refractivity contribution in [1.29, 1.82) is 0 Å². The summed E-state index contributed by atoms with van der Waals surface area (Å²) in [5, 5.41) is 13.5. The minimum Gasteiger partial charge on any atom is -0.481 e. The van der Waals surface area contributed by atoms with Crippen molar-refractivity contribution in [2.24, 2.45) is 0 Å². The Morgan fingerprint density at radius 3 is 2.63 bits per heavy atom. The summed E-state index contributed by atoms with van der Waals surface area (Å²) in [5.41, 5.74) is 0. The Hall–Kier alpha value is -2.05. The van der Waals surface area contributed by atoms with Gasteiger partial charge in [-0.25, -0.2) is 4.79 Å². The number of amides is 2. The van der Waals surface area contributed by atoms with Gasteiger partial charge in [0.2, 0.25) is 5.91 Å². The molecule has 0 aliphatic carbocycles.